The molecular formula is C20H21N3O3. The third kappa shape index (κ3) is 3.91. The highest BCUT2D eigenvalue weighted by Gasteiger charge is 2.14. The third-order valence-corrected chi connectivity index (χ3v) is 4.19. The predicted octanol–water partition coefficient (Wildman–Crippen LogP) is 3.85. The number of amides is 1. The highest BCUT2D eigenvalue weighted by molar-refractivity contribution is 5.90. The van der Waals surface area contributed by atoms with E-state index in [0.29, 0.717) is 5.89 Å². The zero-order valence-corrected chi connectivity index (χ0v) is 15.3. The largest absolute Gasteiger partial charge is 0.497 e. The average Bonchev–Trinajstić information content (AvgIpc) is 3.06. The number of nitrogens with zero attached hydrogens (tertiary/aromatic N) is 2. The average molecular weight is 351 g/mol. The van der Waals surface area contributed by atoms with Crippen LogP contribution in [0.4, 0.5) is 6.01 Å². The Kier molecular flexibility index (Phi) is 5.02. The number of carbonyl (C=O) groups excluding carboxylic acids is 1. The molecule has 0 saturated heterocycles. The summed E-state index contributed by atoms with van der Waals surface area (Å²) in [6, 6.07) is 11.5. The SMILES string of the molecule is COc1ccc(-c2nnc(NC(=O)Cc3c(C)cc(C)cc3C)o2)cc1. The minimum atomic E-state index is -0.190. The zero-order chi connectivity index (χ0) is 18.7. The molecule has 0 spiro atoms. The Balaban J connectivity index is 1.70. The minimum absolute atomic E-state index is 0.0863. The van der Waals surface area contributed by atoms with Crippen LogP contribution in [0.25, 0.3) is 11.5 Å². The van der Waals surface area contributed by atoms with Gasteiger partial charge in [-0.2, -0.15) is 0 Å². The lowest BCUT2D eigenvalue weighted by molar-refractivity contribution is -0.115. The highest BCUT2D eigenvalue weighted by Crippen LogP contribution is 2.23. The number of ether oxygens (including phenoxy) is 1. The van der Waals surface area contributed by atoms with Crippen LogP contribution < -0.4 is 10.1 Å². The van der Waals surface area contributed by atoms with Gasteiger partial charge in [0.05, 0.1) is 13.5 Å². The van der Waals surface area contributed by atoms with Crippen molar-refractivity contribution < 1.29 is 13.9 Å². The molecule has 6 heteroatoms. The molecule has 1 amide bonds. The monoisotopic (exact) mass is 351 g/mol. The molecule has 0 aliphatic rings. The van der Waals surface area contributed by atoms with E-state index in [9.17, 15) is 4.79 Å². The van der Waals surface area contributed by atoms with Gasteiger partial charge in [-0.15, -0.1) is 5.10 Å². The van der Waals surface area contributed by atoms with Gasteiger partial charge in [0.25, 0.3) is 0 Å². The summed E-state index contributed by atoms with van der Waals surface area (Å²) in [7, 11) is 1.60. The van der Waals surface area contributed by atoms with Crippen LogP contribution >= 0.6 is 0 Å². The second-order valence-electron chi connectivity index (χ2n) is 6.24. The maximum Gasteiger partial charge on any atom is 0.322 e. The van der Waals surface area contributed by atoms with Crippen molar-refractivity contribution in [2.24, 2.45) is 0 Å². The van der Waals surface area contributed by atoms with Gasteiger partial charge in [0.2, 0.25) is 11.8 Å². The minimum Gasteiger partial charge on any atom is -0.497 e. The molecule has 0 unspecified atom stereocenters. The zero-order valence-electron chi connectivity index (χ0n) is 15.3. The van der Waals surface area contributed by atoms with Gasteiger partial charge in [-0.1, -0.05) is 22.8 Å². The van der Waals surface area contributed by atoms with E-state index in [1.165, 1.54) is 5.56 Å². The first-order valence-corrected chi connectivity index (χ1v) is 8.31. The van der Waals surface area contributed by atoms with Crippen LogP contribution in [-0.4, -0.2) is 23.2 Å². The maximum absolute atomic E-state index is 12.3. The van der Waals surface area contributed by atoms with Crippen LogP contribution in [-0.2, 0) is 11.2 Å². The lowest BCUT2D eigenvalue weighted by Gasteiger charge is -2.10. The van der Waals surface area contributed by atoms with Crippen LogP contribution in [0.15, 0.2) is 40.8 Å². The van der Waals surface area contributed by atoms with Crippen LogP contribution in [0.1, 0.15) is 22.3 Å². The van der Waals surface area contributed by atoms with Crippen LogP contribution in [0.5, 0.6) is 5.75 Å². The van der Waals surface area contributed by atoms with Gasteiger partial charge in [0, 0.05) is 5.56 Å². The van der Waals surface area contributed by atoms with Crippen LogP contribution in [0.2, 0.25) is 0 Å². The fraction of sp³-hybridized carbons (Fsp3) is 0.250. The smallest absolute Gasteiger partial charge is 0.322 e. The molecule has 6 nitrogen and oxygen atoms in total. The van der Waals surface area contributed by atoms with Gasteiger partial charge >= 0.3 is 6.01 Å². The first kappa shape index (κ1) is 17.7. The summed E-state index contributed by atoms with van der Waals surface area (Å²) < 4.78 is 10.7. The summed E-state index contributed by atoms with van der Waals surface area (Å²) in [5.41, 5.74) is 5.15. The molecule has 0 radical (unpaired) electrons. The van der Waals surface area contributed by atoms with Crippen LogP contribution in [0.3, 0.4) is 0 Å². The summed E-state index contributed by atoms with van der Waals surface area (Å²) >= 11 is 0. The van der Waals surface area contributed by atoms with Crippen molar-refractivity contribution in [3.8, 4) is 17.2 Å². The van der Waals surface area contributed by atoms with Crippen molar-refractivity contribution >= 4 is 11.9 Å². The topological polar surface area (TPSA) is 77.3 Å². The Labute approximate surface area is 152 Å². The van der Waals surface area contributed by atoms with Crippen molar-refractivity contribution in [3.05, 3.63) is 58.7 Å². The molecule has 0 aliphatic carbocycles. The van der Waals surface area contributed by atoms with Crippen molar-refractivity contribution in [2.45, 2.75) is 27.2 Å². The second kappa shape index (κ2) is 7.39. The van der Waals surface area contributed by atoms with Crippen LogP contribution in [0, 0.1) is 20.8 Å². The van der Waals surface area contributed by atoms with E-state index in [4.69, 9.17) is 9.15 Å². The van der Waals surface area contributed by atoms with E-state index >= 15 is 0 Å². The Morgan fingerprint density at radius 2 is 1.73 bits per heavy atom. The Bertz CT molecular complexity index is 907. The lowest BCUT2D eigenvalue weighted by Crippen LogP contribution is -2.16. The second-order valence-corrected chi connectivity index (χ2v) is 6.24. The molecule has 1 aromatic heterocycles. The molecule has 3 rings (SSSR count). The number of anilines is 1. The number of methoxy groups -OCH3 is 1. The van der Waals surface area contributed by atoms with E-state index in [1.807, 2.05) is 32.9 Å². The number of hydrogen-bond donors (Lipinski definition) is 1. The summed E-state index contributed by atoms with van der Waals surface area (Å²) in [5, 5.41) is 10.5. The Morgan fingerprint density at radius 3 is 2.35 bits per heavy atom. The number of benzene rings is 2. The molecule has 1 N–H and O–H groups in total. The summed E-state index contributed by atoms with van der Waals surface area (Å²) in [5.74, 6) is 0.890. The van der Waals surface area contributed by atoms with Gasteiger partial charge in [-0.05, 0) is 61.7 Å². The van der Waals surface area contributed by atoms with E-state index in [-0.39, 0.29) is 18.3 Å². The highest BCUT2D eigenvalue weighted by atomic mass is 16.5. The van der Waals surface area contributed by atoms with E-state index in [1.54, 1.807) is 19.2 Å². The first-order valence-electron chi connectivity index (χ1n) is 8.31. The fourth-order valence-electron chi connectivity index (χ4n) is 2.94. The Hall–Kier alpha value is -3.15. The number of nitrogens with one attached hydrogen (secondary N) is 1. The molecular weight excluding hydrogens is 330 g/mol. The van der Waals surface area contributed by atoms with E-state index < -0.39 is 0 Å². The van der Waals surface area contributed by atoms with Crippen molar-refractivity contribution in [3.63, 3.8) is 0 Å². The molecule has 0 fully saturated rings. The number of aromatic nitrogens is 2. The fourth-order valence-corrected chi connectivity index (χ4v) is 2.94. The molecule has 134 valence electrons. The summed E-state index contributed by atoms with van der Waals surface area (Å²) in [4.78, 5) is 12.3. The first-order chi connectivity index (χ1) is 12.5. The van der Waals surface area contributed by atoms with E-state index in [2.05, 4.69) is 27.6 Å². The normalized spacial score (nSPS) is 10.6. The van der Waals surface area contributed by atoms with Gasteiger partial charge in [-0.3, -0.25) is 10.1 Å². The molecule has 2 aromatic carbocycles. The number of rotatable bonds is 5. The lowest BCUT2D eigenvalue weighted by atomic mass is 9.97. The standard InChI is InChI=1S/C20H21N3O3/c1-12-9-13(2)17(14(3)10-12)11-18(24)21-20-23-22-19(26-20)15-5-7-16(25-4)8-6-15/h5-10H,11H2,1-4H3,(H,21,23,24). The maximum atomic E-state index is 12.3. The number of hydrogen-bond acceptors (Lipinski definition) is 5. The predicted molar refractivity (Wildman–Crippen MR) is 99.3 cm³/mol. The molecule has 26 heavy (non-hydrogen) atoms. The Morgan fingerprint density at radius 1 is 1.08 bits per heavy atom. The molecule has 1 heterocycles. The van der Waals surface area contributed by atoms with E-state index in [0.717, 1.165) is 28.0 Å². The molecule has 0 atom stereocenters. The van der Waals surface area contributed by atoms with Crippen molar-refractivity contribution in [1.29, 1.82) is 0 Å². The van der Waals surface area contributed by atoms with Gasteiger partial charge in [-0.25, -0.2) is 0 Å². The van der Waals surface area contributed by atoms with Crippen molar-refractivity contribution in [1.82, 2.24) is 10.2 Å². The quantitative estimate of drug-likeness (QED) is 0.755. The number of aryl methyl sites for hydroxylation is 3. The van der Waals surface area contributed by atoms with Gasteiger partial charge in [0.15, 0.2) is 0 Å². The molecule has 0 bridgehead atoms. The van der Waals surface area contributed by atoms with Crippen molar-refractivity contribution in [2.75, 3.05) is 12.4 Å². The summed E-state index contributed by atoms with van der Waals surface area (Å²) in [6.45, 7) is 6.07. The van der Waals surface area contributed by atoms with Gasteiger partial charge in [0.1, 0.15) is 5.75 Å². The van der Waals surface area contributed by atoms with Gasteiger partial charge < -0.3 is 9.15 Å². The third-order valence-electron chi connectivity index (χ3n) is 4.19. The molecule has 0 saturated carbocycles. The molecule has 3 aromatic rings. The molecule has 0 aliphatic heterocycles. The summed E-state index contributed by atoms with van der Waals surface area (Å²) in [6.07, 6.45) is 0.262. The number of carbonyl (C=O) groups is 1.